The fraction of sp³-hybridized carbons (Fsp3) is 0.500. The van der Waals surface area contributed by atoms with Crippen molar-refractivity contribution in [1.29, 1.82) is 0 Å². The van der Waals surface area contributed by atoms with E-state index in [1.54, 1.807) is 37.8 Å². The summed E-state index contributed by atoms with van der Waals surface area (Å²) in [4.78, 5) is 36.8. The fourth-order valence-corrected chi connectivity index (χ4v) is 2.65. The topological polar surface area (TPSA) is 108 Å². The Morgan fingerprint density at radius 1 is 1.19 bits per heavy atom. The van der Waals surface area contributed by atoms with Crippen molar-refractivity contribution in [2.45, 2.75) is 45.3 Å². The summed E-state index contributed by atoms with van der Waals surface area (Å²) < 4.78 is 5.25. The molecule has 2 rings (SSSR count). The molecule has 0 aromatic heterocycles. The van der Waals surface area contributed by atoms with Crippen molar-refractivity contribution in [3.63, 3.8) is 0 Å². The molecule has 1 aromatic rings. The molecule has 1 fully saturated rings. The molecule has 8 nitrogen and oxygen atoms in total. The van der Waals surface area contributed by atoms with Gasteiger partial charge in [0.15, 0.2) is 0 Å². The molecule has 142 valence electrons. The molecule has 0 bridgehead atoms. The third-order valence-corrected chi connectivity index (χ3v) is 3.81. The number of benzene rings is 1. The van der Waals surface area contributed by atoms with E-state index in [1.165, 1.54) is 12.1 Å². The maximum absolute atomic E-state index is 12.4. The number of amides is 3. The summed E-state index contributed by atoms with van der Waals surface area (Å²) in [6, 6.07) is 5.49. The standard InChI is InChI=1S/C18H25N3O5/c1-18(2,3)26-17(25)20-14-5-4-10-21(11-14)16(24)19-13-8-6-12(7-9-13)15(22)23/h6-9,14H,4-5,10-11H2,1-3H3,(H,19,24)(H,20,25)(H,22,23)/t14-/m1/s1. The van der Waals surface area contributed by atoms with Crippen molar-refractivity contribution in [3.8, 4) is 0 Å². The van der Waals surface area contributed by atoms with Gasteiger partial charge in [-0.05, 0) is 57.9 Å². The van der Waals surface area contributed by atoms with Crippen LogP contribution >= 0.6 is 0 Å². The Labute approximate surface area is 152 Å². The number of nitrogens with zero attached hydrogens (tertiary/aromatic N) is 1. The number of hydrogen-bond donors (Lipinski definition) is 3. The van der Waals surface area contributed by atoms with E-state index >= 15 is 0 Å². The van der Waals surface area contributed by atoms with Gasteiger partial charge in [-0.1, -0.05) is 0 Å². The molecule has 1 atom stereocenters. The molecule has 8 heteroatoms. The van der Waals surface area contributed by atoms with Gasteiger partial charge in [-0.25, -0.2) is 14.4 Å². The van der Waals surface area contributed by atoms with Crippen molar-refractivity contribution in [1.82, 2.24) is 10.2 Å². The quantitative estimate of drug-likeness (QED) is 0.765. The smallest absolute Gasteiger partial charge is 0.407 e. The lowest BCUT2D eigenvalue weighted by Gasteiger charge is -2.33. The van der Waals surface area contributed by atoms with Crippen LogP contribution in [0.4, 0.5) is 15.3 Å². The SMILES string of the molecule is CC(C)(C)OC(=O)N[C@@H]1CCCN(C(=O)Nc2ccc(C(=O)O)cc2)C1. The normalized spacial score (nSPS) is 17.3. The molecule has 0 radical (unpaired) electrons. The van der Waals surface area contributed by atoms with Crippen molar-refractivity contribution in [2.24, 2.45) is 0 Å². The summed E-state index contributed by atoms with van der Waals surface area (Å²) in [5.41, 5.74) is 0.0996. The zero-order valence-electron chi connectivity index (χ0n) is 15.2. The first kappa shape index (κ1) is 19.6. The van der Waals surface area contributed by atoms with Crippen LogP contribution in [0, 0.1) is 0 Å². The summed E-state index contributed by atoms with van der Waals surface area (Å²) in [5.74, 6) is -1.02. The number of carboxylic acids is 1. The van der Waals surface area contributed by atoms with Crippen LogP contribution in [0.25, 0.3) is 0 Å². The average molecular weight is 363 g/mol. The summed E-state index contributed by atoms with van der Waals surface area (Å²) in [7, 11) is 0. The molecule has 0 saturated carbocycles. The number of rotatable bonds is 3. The van der Waals surface area contributed by atoms with E-state index in [0.29, 0.717) is 18.8 Å². The number of piperidine rings is 1. The monoisotopic (exact) mass is 363 g/mol. The van der Waals surface area contributed by atoms with E-state index in [2.05, 4.69) is 10.6 Å². The van der Waals surface area contributed by atoms with Gasteiger partial charge in [-0.2, -0.15) is 0 Å². The highest BCUT2D eigenvalue weighted by Crippen LogP contribution is 2.15. The zero-order chi connectivity index (χ0) is 19.3. The molecular weight excluding hydrogens is 338 g/mol. The van der Waals surface area contributed by atoms with Crippen molar-refractivity contribution in [2.75, 3.05) is 18.4 Å². The van der Waals surface area contributed by atoms with Gasteiger partial charge in [-0.3, -0.25) is 0 Å². The van der Waals surface area contributed by atoms with Gasteiger partial charge in [-0.15, -0.1) is 0 Å². The van der Waals surface area contributed by atoms with E-state index in [4.69, 9.17) is 9.84 Å². The second-order valence-corrected chi connectivity index (χ2v) is 7.24. The lowest BCUT2D eigenvalue weighted by molar-refractivity contribution is 0.0480. The molecule has 0 unspecified atom stereocenters. The van der Waals surface area contributed by atoms with Crippen molar-refractivity contribution >= 4 is 23.8 Å². The minimum absolute atomic E-state index is 0.155. The fourth-order valence-electron chi connectivity index (χ4n) is 2.65. The number of likely N-dealkylation sites (tertiary alicyclic amines) is 1. The number of alkyl carbamates (subject to hydrolysis) is 1. The lowest BCUT2D eigenvalue weighted by Crippen LogP contribution is -2.51. The van der Waals surface area contributed by atoms with Crippen LogP contribution in [0.15, 0.2) is 24.3 Å². The van der Waals surface area contributed by atoms with Gasteiger partial charge in [0.1, 0.15) is 5.60 Å². The Kier molecular flexibility index (Phi) is 6.07. The summed E-state index contributed by atoms with van der Waals surface area (Å²) in [6.07, 6.45) is 1.05. The number of anilines is 1. The molecule has 26 heavy (non-hydrogen) atoms. The van der Waals surface area contributed by atoms with E-state index in [-0.39, 0.29) is 17.6 Å². The van der Waals surface area contributed by atoms with E-state index in [9.17, 15) is 14.4 Å². The maximum atomic E-state index is 12.4. The lowest BCUT2D eigenvalue weighted by atomic mass is 10.1. The van der Waals surface area contributed by atoms with Crippen LogP contribution in [0.1, 0.15) is 44.0 Å². The summed E-state index contributed by atoms with van der Waals surface area (Å²) >= 11 is 0. The van der Waals surface area contributed by atoms with Gasteiger partial charge in [0.05, 0.1) is 5.56 Å². The molecule has 0 aliphatic carbocycles. The first-order chi connectivity index (χ1) is 12.1. The highest BCUT2D eigenvalue weighted by atomic mass is 16.6. The van der Waals surface area contributed by atoms with Crippen LogP contribution in [-0.4, -0.2) is 52.8 Å². The van der Waals surface area contributed by atoms with Crippen LogP contribution in [-0.2, 0) is 4.74 Å². The zero-order valence-corrected chi connectivity index (χ0v) is 15.2. The van der Waals surface area contributed by atoms with Crippen LogP contribution in [0.5, 0.6) is 0 Å². The number of carbonyl (C=O) groups excluding carboxylic acids is 2. The number of nitrogens with one attached hydrogen (secondary N) is 2. The third kappa shape index (κ3) is 5.94. The van der Waals surface area contributed by atoms with Gasteiger partial charge < -0.3 is 25.4 Å². The molecule has 1 saturated heterocycles. The first-order valence-electron chi connectivity index (χ1n) is 8.53. The number of aromatic carboxylic acids is 1. The van der Waals surface area contributed by atoms with Crippen molar-refractivity contribution in [3.05, 3.63) is 29.8 Å². The second-order valence-electron chi connectivity index (χ2n) is 7.24. The molecule has 1 heterocycles. The highest BCUT2D eigenvalue weighted by Gasteiger charge is 2.26. The molecule has 3 N–H and O–H groups in total. The first-order valence-corrected chi connectivity index (χ1v) is 8.53. The Hall–Kier alpha value is -2.77. The van der Waals surface area contributed by atoms with Gasteiger partial charge in [0, 0.05) is 24.8 Å². The van der Waals surface area contributed by atoms with Gasteiger partial charge >= 0.3 is 18.1 Å². The number of carboxylic acid groups (broad SMARTS) is 1. The van der Waals surface area contributed by atoms with E-state index in [1.807, 2.05) is 0 Å². The Balaban J connectivity index is 1.88. The number of hydrogen-bond acceptors (Lipinski definition) is 4. The largest absolute Gasteiger partial charge is 0.478 e. The summed E-state index contributed by atoms with van der Waals surface area (Å²) in [6.45, 7) is 6.36. The third-order valence-electron chi connectivity index (χ3n) is 3.81. The van der Waals surface area contributed by atoms with Crippen LogP contribution < -0.4 is 10.6 Å². The maximum Gasteiger partial charge on any atom is 0.407 e. The minimum Gasteiger partial charge on any atom is -0.478 e. The van der Waals surface area contributed by atoms with Crippen molar-refractivity contribution < 1.29 is 24.2 Å². The predicted octanol–water partition coefficient (Wildman–Crippen LogP) is 2.91. The van der Waals surface area contributed by atoms with E-state index in [0.717, 1.165) is 12.8 Å². The summed E-state index contributed by atoms with van der Waals surface area (Å²) in [5, 5.41) is 14.4. The van der Waals surface area contributed by atoms with Crippen LogP contribution in [0.2, 0.25) is 0 Å². The molecule has 1 aliphatic heterocycles. The average Bonchev–Trinajstić information content (AvgIpc) is 2.53. The molecular formula is C18H25N3O5. The molecule has 0 spiro atoms. The molecule has 1 aliphatic rings. The number of urea groups is 1. The van der Waals surface area contributed by atoms with Gasteiger partial charge in [0.25, 0.3) is 0 Å². The van der Waals surface area contributed by atoms with Crippen LogP contribution in [0.3, 0.4) is 0 Å². The molecule has 3 amide bonds. The Morgan fingerprint density at radius 3 is 2.42 bits per heavy atom. The second kappa shape index (κ2) is 8.07. The molecule has 1 aromatic carbocycles. The Bertz CT molecular complexity index is 666. The van der Waals surface area contributed by atoms with E-state index < -0.39 is 17.7 Å². The highest BCUT2D eigenvalue weighted by molar-refractivity contribution is 5.91. The van der Waals surface area contributed by atoms with Gasteiger partial charge in [0.2, 0.25) is 0 Å². The Morgan fingerprint density at radius 2 is 1.85 bits per heavy atom. The number of carbonyl (C=O) groups is 3. The predicted molar refractivity (Wildman–Crippen MR) is 96.4 cm³/mol. The minimum atomic E-state index is -1.02. The number of ether oxygens (including phenoxy) is 1.